The van der Waals surface area contributed by atoms with Gasteiger partial charge in [-0.05, 0) is 19.9 Å². The van der Waals surface area contributed by atoms with Gasteiger partial charge in [-0.1, -0.05) is 6.92 Å². The summed E-state index contributed by atoms with van der Waals surface area (Å²) in [4.78, 5) is 20.6. The highest BCUT2D eigenvalue weighted by atomic mass is 16.6. The largest absolute Gasteiger partial charge is 0.301 e. The molecule has 0 unspecified atom stereocenters. The molecule has 1 aromatic rings. The van der Waals surface area contributed by atoms with Crippen molar-refractivity contribution in [3.8, 4) is 0 Å². The van der Waals surface area contributed by atoms with Gasteiger partial charge in [-0.25, -0.2) is 0 Å². The summed E-state index contributed by atoms with van der Waals surface area (Å²) in [6.07, 6.45) is 0. The Labute approximate surface area is 115 Å². The van der Waals surface area contributed by atoms with Crippen LogP contribution in [0.5, 0.6) is 0 Å². The van der Waals surface area contributed by atoms with Crippen molar-refractivity contribution in [2.24, 2.45) is 11.0 Å². The van der Waals surface area contributed by atoms with E-state index in [1.165, 1.54) is 12.1 Å². The van der Waals surface area contributed by atoms with Crippen LogP contribution in [0.1, 0.15) is 20.8 Å². The lowest BCUT2D eigenvalue weighted by Gasteiger charge is -2.22. The second kappa shape index (κ2) is 4.87. The van der Waals surface area contributed by atoms with Crippen LogP contribution in [0.25, 0.3) is 0 Å². The molecule has 1 heterocycles. The van der Waals surface area contributed by atoms with Crippen LogP contribution >= 0.6 is 0 Å². The molecule has 0 radical (unpaired) electrons. The minimum Gasteiger partial charge on any atom is -0.258 e. The van der Waals surface area contributed by atoms with Crippen molar-refractivity contribution in [2.75, 3.05) is 5.01 Å². The molecule has 20 heavy (non-hydrogen) atoms. The van der Waals surface area contributed by atoms with E-state index in [4.69, 9.17) is 0 Å². The van der Waals surface area contributed by atoms with Gasteiger partial charge in [0, 0.05) is 17.7 Å². The molecule has 2 rings (SSSR count). The summed E-state index contributed by atoms with van der Waals surface area (Å²) >= 11 is 0. The Kier molecular flexibility index (Phi) is 3.39. The van der Waals surface area contributed by atoms with Crippen LogP contribution < -0.4 is 5.01 Å². The molecule has 1 aliphatic heterocycles. The van der Waals surface area contributed by atoms with E-state index in [-0.39, 0.29) is 29.0 Å². The second-order valence-electron chi connectivity index (χ2n) is 4.80. The van der Waals surface area contributed by atoms with Gasteiger partial charge in [-0.3, -0.25) is 25.2 Å². The highest BCUT2D eigenvalue weighted by molar-refractivity contribution is 5.89. The number of nitro groups is 2. The van der Waals surface area contributed by atoms with Crippen LogP contribution in [-0.2, 0) is 0 Å². The van der Waals surface area contributed by atoms with Crippen LogP contribution in [0, 0.1) is 26.1 Å². The first-order valence-corrected chi connectivity index (χ1v) is 6.10. The molecule has 8 nitrogen and oxygen atoms in total. The number of hydrogen-bond acceptors (Lipinski definition) is 6. The SMILES string of the molecule is CC1=NN(c2ccc([N+](=O)[O-])cc2[N+](=O)[O-])[C@@H](C)[C@@H]1C. The smallest absolute Gasteiger partial charge is 0.258 e. The van der Waals surface area contributed by atoms with E-state index in [2.05, 4.69) is 5.10 Å². The molecule has 8 heteroatoms. The maximum Gasteiger partial charge on any atom is 0.301 e. The van der Waals surface area contributed by atoms with E-state index < -0.39 is 9.85 Å². The van der Waals surface area contributed by atoms with Gasteiger partial charge in [0.05, 0.1) is 22.0 Å². The summed E-state index contributed by atoms with van der Waals surface area (Å²) in [6.45, 7) is 5.76. The highest BCUT2D eigenvalue weighted by Gasteiger charge is 2.33. The van der Waals surface area contributed by atoms with Crippen molar-refractivity contribution in [3.05, 3.63) is 38.4 Å². The summed E-state index contributed by atoms with van der Waals surface area (Å²) in [5.41, 5.74) is 0.541. The molecule has 0 aromatic heterocycles. The van der Waals surface area contributed by atoms with E-state index >= 15 is 0 Å². The Morgan fingerprint density at radius 2 is 1.85 bits per heavy atom. The van der Waals surface area contributed by atoms with E-state index in [9.17, 15) is 20.2 Å². The quantitative estimate of drug-likeness (QED) is 0.624. The Balaban J connectivity index is 2.52. The van der Waals surface area contributed by atoms with E-state index in [1.807, 2.05) is 20.8 Å². The third-order valence-electron chi connectivity index (χ3n) is 3.65. The zero-order chi connectivity index (χ0) is 15.0. The summed E-state index contributed by atoms with van der Waals surface area (Å²) in [6, 6.07) is 3.57. The molecular formula is C12H14N4O4. The van der Waals surface area contributed by atoms with E-state index in [0.29, 0.717) is 0 Å². The van der Waals surface area contributed by atoms with Gasteiger partial charge in [0.2, 0.25) is 0 Å². The van der Waals surface area contributed by atoms with Gasteiger partial charge >= 0.3 is 5.69 Å². The van der Waals surface area contributed by atoms with Gasteiger partial charge in [-0.15, -0.1) is 0 Å². The predicted molar refractivity (Wildman–Crippen MR) is 74.0 cm³/mol. The lowest BCUT2D eigenvalue weighted by atomic mass is 10.00. The normalized spacial score (nSPS) is 21.8. The molecule has 1 aliphatic rings. The average Bonchev–Trinajstić information content (AvgIpc) is 2.65. The number of non-ortho nitro benzene ring substituents is 1. The zero-order valence-electron chi connectivity index (χ0n) is 11.3. The summed E-state index contributed by atoms with van der Waals surface area (Å²) in [5, 5.41) is 27.7. The van der Waals surface area contributed by atoms with Crippen molar-refractivity contribution in [2.45, 2.75) is 26.8 Å². The standard InChI is InChI=1S/C12H14N4O4/c1-7-8(2)13-14(9(7)3)11-5-4-10(15(17)18)6-12(11)16(19)20/h4-7,9H,1-3H3/t7-,9+/m1/s1. The van der Waals surface area contributed by atoms with Crippen LogP contribution in [0.15, 0.2) is 23.3 Å². The fourth-order valence-electron chi connectivity index (χ4n) is 2.15. The molecule has 2 atom stereocenters. The van der Waals surface area contributed by atoms with Gasteiger partial charge < -0.3 is 0 Å². The summed E-state index contributed by atoms with van der Waals surface area (Å²) in [7, 11) is 0. The summed E-state index contributed by atoms with van der Waals surface area (Å²) < 4.78 is 0. The minimum absolute atomic E-state index is 0.0323. The Bertz CT molecular complexity index is 613. The van der Waals surface area contributed by atoms with Crippen molar-refractivity contribution in [3.63, 3.8) is 0 Å². The molecule has 0 spiro atoms. The van der Waals surface area contributed by atoms with Gasteiger partial charge in [0.15, 0.2) is 0 Å². The number of nitro benzene ring substituents is 2. The van der Waals surface area contributed by atoms with Crippen LogP contribution in [-0.4, -0.2) is 21.6 Å². The fraction of sp³-hybridized carbons (Fsp3) is 0.417. The second-order valence-corrected chi connectivity index (χ2v) is 4.80. The third-order valence-corrected chi connectivity index (χ3v) is 3.65. The number of benzene rings is 1. The molecule has 1 aromatic carbocycles. The molecule has 0 amide bonds. The monoisotopic (exact) mass is 278 g/mol. The first-order valence-electron chi connectivity index (χ1n) is 6.10. The zero-order valence-corrected chi connectivity index (χ0v) is 11.3. The molecular weight excluding hydrogens is 264 g/mol. The molecule has 0 aliphatic carbocycles. The summed E-state index contributed by atoms with van der Waals surface area (Å²) in [5.74, 6) is 0.171. The Hall–Kier alpha value is -2.51. The number of hydrogen-bond donors (Lipinski definition) is 0. The number of anilines is 1. The minimum atomic E-state index is -0.651. The lowest BCUT2D eigenvalue weighted by Crippen LogP contribution is -2.28. The van der Waals surface area contributed by atoms with Crippen LogP contribution in [0.3, 0.4) is 0 Å². The van der Waals surface area contributed by atoms with Crippen LogP contribution in [0.2, 0.25) is 0 Å². The molecule has 0 bridgehead atoms. The molecule has 106 valence electrons. The van der Waals surface area contributed by atoms with Gasteiger partial charge in [-0.2, -0.15) is 5.10 Å². The Morgan fingerprint density at radius 1 is 1.20 bits per heavy atom. The molecule has 0 saturated heterocycles. The van der Waals surface area contributed by atoms with Crippen molar-refractivity contribution in [1.82, 2.24) is 0 Å². The fourth-order valence-corrected chi connectivity index (χ4v) is 2.15. The number of nitrogens with zero attached hydrogens (tertiary/aromatic N) is 4. The van der Waals surface area contributed by atoms with Crippen LogP contribution in [0.4, 0.5) is 17.1 Å². The Morgan fingerprint density at radius 3 is 2.30 bits per heavy atom. The number of rotatable bonds is 3. The maximum atomic E-state index is 11.1. The van der Waals surface area contributed by atoms with Gasteiger partial charge in [0.1, 0.15) is 5.69 Å². The lowest BCUT2D eigenvalue weighted by molar-refractivity contribution is -0.393. The first-order chi connectivity index (χ1) is 9.32. The third kappa shape index (κ3) is 2.20. The molecule has 0 fully saturated rings. The van der Waals surface area contributed by atoms with Crippen molar-refractivity contribution in [1.29, 1.82) is 0 Å². The van der Waals surface area contributed by atoms with Crippen molar-refractivity contribution < 1.29 is 9.85 Å². The van der Waals surface area contributed by atoms with E-state index in [1.54, 1.807) is 5.01 Å². The number of hydrazone groups is 1. The first kappa shape index (κ1) is 13.9. The predicted octanol–water partition coefficient (Wildman–Crippen LogP) is 2.72. The highest BCUT2D eigenvalue weighted by Crippen LogP contribution is 2.36. The van der Waals surface area contributed by atoms with Crippen molar-refractivity contribution >= 4 is 22.8 Å². The molecule has 0 saturated carbocycles. The topological polar surface area (TPSA) is 102 Å². The molecule has 0 N–H and O–H groups in total. The van der Waals surface area contributed by atoms with Gasteiger partial charge in [0.25, 0.3) is 5.69 Å². The average molecular weight is 278 g/mol. The maximum absolute atomic E-state index is 11.1. The van der Waals surface area contributed by atoms with E-state index in [0.717, 1.165) is 11.8 Å².